The molecule has 0 rings (SSSR count). The van der Waals surface area contributed by atoms with Crippen molar-refractivity contribution in [3.05, 3.63) is 0 Å². The molecule has 0 fully saturated rings. The summed E-state index contributed by atoms with van der Waals surface area (Å²) in [5.41, 5.74) is 0.165. The number of hydrogen-bond donors (Lipinski definition) is 1. The molecule has 0 aliphatic rings. The first-order chi connectivity index (χ1) is 5.49. The highest BCUT2D eigenvalue weighted by atomic mass is 16.3. The van der Waals surface area contributed by atoms with Crippen LogP contribution in [0, 0.1) is 5.92 Å². The van der Waals surface area contributed by atoms with Crippen LogP contribution >= 0.6 is 0 Å². The SMILES string of the molecule is CCN=C(C)C(O)(CC)C(C)C. The molecule has 72 valence electrons. The van der Waals surface area contributed by atoms with E-state index < -0.39 is 5.60 Å². The fourth-order valence-electron chi connectivity index (χ4n) is 1.46. The van der Waals surface area contributed by atoms with Crippen molar-refractivity contribution in [2.45, 2.75) is 46.6 Å². The molecule has 0 aromatic carbocycles. The Morgan fingerprint density at radius 2 is 1.92 bits per heavy atom. The molecule has 1 N–H and O–H groups in total. The summed E-state index contributed by atoms with van der Waals surface area (Å²) in [6.45, 7) is 10.7. The van der Waals surface area contributed by atoms with E-state index in [2.05, 4.69) is 4.99 Å². The summed E-state index contributed by atoms with van der Waals surface area (Å²) < 4.78 is 0. The van der Waals surface area contributed by atoms with E-state index in [9.17, 15) is 5.11 Å². The second-order valence-corrected chi connectivity index (χ2v) is 3.49. The van der Waals surface area contributed by atoms with Gasteiger partial charge in [-0.05, 0) is 26.2 Å². The minimum absolute atomic E-state index is 0.234. The van der Waals surface area contributed by atoms with Crippen molar-refractivity contribution in [1.82, 2.24) is 0 Å². The number of aliphatic imine (C=N–C) groups is 1. The average Bonchev–Trinajstić information content (AvgIpc) is 2.03. The lowest BCUT2D eigenvalue weighted by molar-refractivity contribution is 0.0590. The molecule has 1 atom stereocenters. The highest BCUT2D eigenvalue weighted by molar-refractivity contribution is 5.90. The molecule has 0 saturated carbocycles. The van der Waals surface area contributed by atoms with Crippen molar-refractivity contribution in [2.75, 3.05) is 6.54 Å². The van der Waals surface area contributed by atoms with Gasteiger partial charge in [-0.25, -0.2) is 0 Å². The fraction of sp³-hybridized carbons (Fsp3) is 0.900. The highest BCUT2D eigenvalue weighted by Crippen LogP contribution is 2.22. The van der Waals surface area contributed by atoms with E-state index in [0.29, 0.717) is 0 Å². The lowest BCUT2D eigenvalue weighted by Gasteiger charge is -2.31. The summed E-state index contributed by atoms with van der Waals surface area (Å²) in [4.78, 5) is 4.26. The first-order valence-corrected chi connectivity index (χ1v) is 4.72. The number of hydrogen-bond acceptors (Lipinski definition) is 2. The molecule has 12 heavy (non-hydrogen) atoms. The van der Waals surface area contributed by atoms with Gasteiger partial charge < -0.3 is 5.11 Å². The maximum absolute atomic E-state index is 10.2. The molecule has 2 heteroatoms. The van der Waals surface area contributed by atoms with E-state index in [1.807, 2.05) is 34.6 Å². The number of aliphatic hydroxyl groups is 1. The van der Waals surface area contributed by atoms with Crippen LogP contribution in [0.15, 0.2) is 4.99 Å². The highest BCUT2D eigenvalue weighted by Gasteiger charge is 2.31. The zero-order valence-corrected chi connectivity index (χ0v) is 8.89. The standard InChI is InChI=1S/C10H21NO/c1-6-10(12,8(3)4)9(5)11-7-2/h8,12H,6-7H2,1-5H3. The second-order valence-electron chi connectivity index (χ2n) is 3.49. The molecule has 0 aromatic heterocycles. The number of nitrogens with zero attached hydrogens (tertiary/aromatic N) is 1. The molecule has 0 bridgehead atoms. The zero-order valence-electron chi connectivity index (χ0n) is 8.89. The fourth-order valence-corrected chi connectivity index (χ4v) is 1.46. The molecule has 0 aliphatic carbocycles. The van der Waals surface area contributed by atoms with Gasteiger partial charge in [0.1, 0.15) is 5.60 Å². The Labute approximate surface area is 75.7 Å². The molecule has 0 heterocycles. The van der Waals surface area contributed by atoms with E-state index in [4.69, 9.17) is 0 Å². The Morgan fingerprint density at radius 3 is 2.17 bits per heavy atom. The average molecular weight is 171 g/mol. The van der Waals surface area contributed by atoms with Gasteiger partial charge in [0.25, 0.3) is 0 Å². The van der Waals surface area contributed by atoms with E-state index >= 15 is 0 Å². The first kappa shape index (κ1) is 11.6. The summed E-state index contributed by atoms with van der Waals surface area (Å²) in [5.74, 6) is 0.234. The molecule has 0 spiro atoms. The molecule has 2 nitrogen and oxygen atoms in total. The Balaban J connectivity index is 4.63. The molecule has 0 amide bonds. The van der Waals surface area contributed by atoms with Crippen LogP contribution in [0.2, 0.25) is 0 Å². The Bertz CT molecular complexity index is 163. The van der Waals surface area contributed by atoms with Gasteiger partial charge in [-0.2, -0.15) is 0 Å². The molecular weight excluding hydrogens is 150 g/mol. The predicted octanol–water partition coefficient (Wildman–Crippen LogP) is 2.26. The van der Waals surface area contributed by atoms with Gasteiger partial charge in [0.15, 0.2) is 0 Å². The third-order valence-corrected chi connectivity index (χ3v) is 2.52. The molecule has 0 saturated heterocycles. The van der Waals surface area contributed by atoms with Gasteiger partial charge in [0.2, 0.25) is 0 Å². The van der Waals surface area contributed by atoms with Crippen LogP contribution in [0.5, 0.6) is 0 Å². The monoisotopic (exact) mass is 171 g/mol. The summed E-state index contributed by atoms with van der Waals surface area (Å²) in [7, 11) is 0. The van der Waals surface area contributed by atoms with Gasteiger partial charge in [-0.3, -0.25) is 4.99 Å². The Kier molecular flexibility index (Phi) is 4.46. The van der Waals surface area contributed by atoms with Crippen molar-refractivity contribution < 1.29 is 5.11 Å². The third-order valence-electron chi connectivity index (χ3n) is 2.52. The Morgan fingerprint density at radius 1 is 1.42 bits per heavy atom. The van der Waals surface area contributed by atoms with E-state index in [0.717, 1.165) is 18.7 Å². The molecule has 0 aromatic rings. The van der Waals surface area contributed by atoms with Crippen LogP contribution in [-0.4, -0.2) is 23.0 Å². The third kappa shape index (κ3) is 2.31. The van der Waals surface area contributed by atoms with Crippen LogP contribution in [0.25, 0.3) is 0 Å². The molecule has 0 aliphatic heterocycles. The van der Waals surface area contributed by atoms with Gasteiger partial charge in [0.05, 0.1) is 0 Å². The largest absolute Gasteiger partial charge is 0.384 e. The van der Waals surface area contributed by atoms with E-state index in [-0.39, 0.29) is 5.92 Å². The van der Waals surface area contributed by atoms with Gasteiger partial charge >= 0.3 is 0 Å². The minimum atomic E-state index is -0.698. The summed E-state index contributed by atoms with van der Waals surface area (Å²) >= 11 is 0. The quantitative estimate of drug-likeness (QED) is 0.647. The van der Waals surface area contributed by atoms with Crippen LogP contribution in [0.4, 0.5) is 0 Å². The van der Waals surface area contributed by atoms with Crippen molar-refractivity contribution in [2.24, 2.45) is 10.9 Å². The number of rotatable bonds is 4. The summed E-state index contributed by atoms with van der Waals surface area (Å²) in [6.07, 6.45) is 0.736. The lowest BCUT2D eigenvalue weighted by Crippen LogP contribution is -2.41. The maximum atomic E-state index is 10.2. The first-order valence-electron chi connectivity index (χ1n) is 4.72. The van der Waals surface area contributed by atoms with Gasteiger partial charge in [0, 0.05) is 12.3 Å². The molecular formula is C10H21NO. The van der Waals surface area contributed by atoms with Crippen LogP contribution in [0.1, 0.15) is 41.0 Å². The van der Waals surface area contributed by atoms with Crippen molar-refractivity contribution in [3.63, 3.8) is 0 Å². The Hall–Kier alpha value is -0.370. The topological polar surface area (TPSA) is 32.6 Å². The maximum Gasteiger partial charge on any atom is 0.104 e. The van der Waals surface area contributed by atoms with Crippen molar-refractivity contribution >= 4 is 5.71 Å². The minimum Gasteiger partial charge on any atom is -0.384 e. The van der Waals surface area contributed by atoms with E-state index in [1.165, 1.54) is 0 Å². The molecule has 1 unspecified atom stereocenters. The van der Waals surface area contributed by atoms with Crippen molar-refractivity contribution in [3.8, 4) is 0 Å². The van der Waals surface area contributed by atoms with Crippen LogP contribution in [0.3, 0.4) is 0 Å². The normalized spacial score (nSPS) is 18.1. The van der Waals surface area contributed by atoms with Gasteiger partial charge in [-0.1, -0.05) is 20.8 Å². The predicted molar refractivity (Wildman–Crippen MR) is 53.7 cm³/mol. The van der Waals surface area contributed by atoms with Gasteiger partial charge in [-0.15, -0.1) is 0 Å². The summed E-state index contributed by atoms with van der Waals surface area (Å²) in [5, 5.41) is 10.2. The van der Waals surface area contributed by atoms with Crippen LogP contribution < -0.4 is 0 Å². The van der Waals surface area contributed by atoms with Crippen molar-refractivity contribution in [1.29, 1.82) is 0 Å². The zero-order chi connectivity index (χ0) is 9.78. The lowest BCUT2D eigenvalue weighted by atomic mass is 9.84. The summed E-state index contributed by atoms with van der Waals surface area (Å²) in [6, 6.07) is 0. The van der Waals surface area contributed by atoms with E-state index in [1.54, 1.807) is 0 Å². The smallest absolute Gasteiger partial charge is 0.104 e. The molecule has 0 radical (unpaired) electrons. The second kappa shape index (κ2) is 4.61. The van der Waals surface area contributed by atoms with Crippen LogP contribution in [-0.2, 0) is 0 Å².